The van der Waals surface area contributed by atoms with E-state index < -0.39 is 10.2 Å². The van der Waals surface area contributed by atoms with Crippen LogP contribution in [0.4, 0.5) is 0 Å². The smallest absolute Gasteiger partial charge is 0.195 e. The SMILES string of the molecule is CCCCN1CC2(NS1(=O)=O)C1CCC2Cc2ccccc2C1. The molecule has 2 atom stereocenters. The summed E-state index contributed by atoms with van der Waals surface area (Å²) in [4.78, 5) is 0. The lowest BCUT2D eigenvalue weighted by Crippen LogP contribution is -2.52. The van der Waals surface area contributed by atoms with Gasteiger partial charge in [-0.3, -0.25) is 0 Å². The Morgan fingerprint density at radius 1 is 1.17 bits per heavy atom. The molecule has 4 nitrogen and oxygen atoms in total. The van der Waals surface area contributed by atoms with Crippen molar-refractivity contribution in [1.29, 1.82) is 0 Å². The third-order valence-corrected chi connectivity index (χ3v) is 7.86. The molecule has 0 radical (unpaired) electrons. The Bertz CT molecular complexity index is 668. The van der Waals surface area contributed by atoms with Crippen molar-refractivity contribution in [3.63, 3.8) is 0 Å². The van der Waals surface area contributed by atoms with E-state index in [9.17, 15) is 8.42 Å². The molecule has 1 aliphatic heterocycles. The van der Waals surface area contributed by atoms with Crippen molar-refractivity contribution in [1.82, 2.24) is 9.03 Å². The van der Waals surface area contributed by atoms with Crippen LogP contribution in [0.5, 0.6) is 0 Å². The van der Waals surface area contributed by atoms with Crippen LogP contribution >= 0.6 is 0 Å². The summed E-state index contributed by atoms with van der Waals surface area (Å²) in [6.45, 7) is 3.43. The van der Waals surface area contributed by atoms with Crippen LogP contribution in [0.25, 0.3) is 0 Å². The van der Waals surface area contributed by atoms with Crippen LogP contribution in [0.1, 0.15) is 43.7 Å². The number of nitrogens with one attached hydrogen (secondary N) is 1. The fraction of sp³-hybridized carbons (Fsp3) is 0.667. The molecule has 0 amide bonds. The second-order valence-corrected chi connectivity index (χ2v) is 9.15. The Morgan fingerprint density at radius 3 is 2.35 bits per heavy atom. The first-order valence-electron chi connectivity index (χ1n) is 8.91. The minimum atomic E-state index is -3.31. The third kappa shape index (κ3) is 2.44. The predicted octanol–water partition coefficient (Wildman–Crippen LogP) is 2.50. The van der Waals surface area contributed by atoms with Gasteiger partial charge in [0.05, 0.1) is 5.54 Å². The maximum Gasteiger partial charge on any atom is 0.280 e. The Labute approximate surface area is 139 Å². The molecule has 1 spiro atoms. The van der Waals surface area contributed by atoms with Crippen LogP contribution in [0.15, 0.2) is 24.3 Å². The number of hydrogen-bond acceptors (Lipinski definition) is 2. The molecule has 2 bridgehead atoms. The average molecular weight is 334 g/mol. The Kier molecular flexibility index (Phi) is 3.78. The molecule has 1 aromatic rings. The number of benzene rings is 1. The maximum atomic E-state index is 12.7. The number of nitrogens with zero attached hydrogens (tertiary/aromatic N) is 1. The molecule has 2 fully saturated rings. The molecule has 1 heterocycles. The van der Waals surface area contributed by atoms with Gasteiger partial charge in [-0.1, -0.05) is 37.6 Å². The molecule has 4 rings (SSSR count). The van der Waals surface area contributed by atoms with Gasteiger partial charge in [-0.25, -0.2) is 0 Å². The first kappa shape index (κ1) is 15.6. The summed E-state index contributed by atoms with van der Waals surface area (Å²) < 4.78 is 30.2. The normalized spacial score (nSPS) is 35.3. The molecule has 1 N–H and O–H groups in total. The Balaban J connectivity index is 1.68. The van der Waals surface area contributed by atoms with Crippen molar-refractivity contribution >= 4 is 10.2 Å². The van der Waals surface area contributed by atoms with Gasteiger partial charge in [-0.2, -0.15) is 17.4 Å². The Hall–Kier alpha value is -0.910. The molecule has 0 aromatic heterocycles. The van der Waals surface area contributed by atoms with Gasteiger partial charge in [0.15, 0.2) is 0 Å². The molecule has 1 aromatic carbocycles. The molecule has 1 saturated carbocycles. The largest absolute Gasteiger partial charge is 0.280 e. The van der Waals surface area contributed by atoms with Gasteiger partial charge in [0.25, 0.3) is 10.2 Å². The molecule has 23 heavy (non-hydrogen) atoms. The van der Waals surface area contributed by atoms with Gasteiger partial charge < -0.3 is 0 Å². The molecule has 2 unspecified atom stereocenters. The summed E-state index contributed by atoms with van der Waals surface area (Å²) in [5.41, 5.74) is 2.60. The van der Waals surface area contributed by atoms with Crippen molar-refractivity contribution < 1.29 is 8.42 Å². The summed E-state index contributed by atoms with van der Waals surface area (Å²) in [7, 11) is -3.31. The highest BCUT2D eigenvalue weighted by Crippen LogP contribution is 2.50. The molecule has 126 valence electrons. The minimum Gasteiger partial charge on any atom is -0.195 e. The lowest BCUT2D eigenvalue weighted by atomic mass is 9.79. The standard InChI is InChI=1S/C18H26N2O2S/c1-2-3-10-20-13-18(19-23(20,21)22)16-8-9-17(18)12-15-7-5-4-6-14(15)11-16/h4-7,16-17,19H,2-3,8-13H2,1H3. The molecule has 3 aliphatic rings. The highest BCUT2D eigenvalue weighted by Gasteiger charge is 2.58. The van der Waals surface area contributed by atoms with Crippen molar-refractivity contribution in [3.8, 4) is 0 Å². The molecule has 1 saturated heterocycles. The van der Waals surface area contributed by atoms with Gasteiger partial charge in [0.2, 0.25) is 0 Å². The third-order valence-electron chi connectivity index (χ3n) is 6.23. The summed E-state index contributed by atoms with van der Waals surface area (Å²) in [6.07, 6.45) is 6.27. The van der Waals surface area contributed by atoms with Crippen molar-refractivity contribution in [2.24, 2.45) is 11.8 Å². The summed E-state index contributed by atoms with van der Waals surface area (Å²) in [5.74, 6) is 0.857. The van der Waals surface area contributed by atoms with Gasteiger partial charge in [0, 0.05) is 13.1 Å². The second kappa shape index (κ2) is 5.57. The average Bonchev–Trinajstić information content (AvgIpc) is 2.90. The summed E-state index contributed by atoms with van der Waals surface area (Å²) >= 11 is 0. The van der Waals surface area contributed by atoms with E-state index in [0.29, 0.717) is 24.9 Å². The van der Waals surface area contributed by atoms with E-state index >= 15 is 0 Å². The topological polar surface area (TPSA) is 49.4 Å². The van der Waals surface area contributed by atoms with Crippen molar-refractivity contribution in [2.75, 3.05) is 13.1 Å². The molecule has 5 heteroatoms. The highest BCUT2D eigenvalue weighted by atomic mass is 32.2. The van der Waals surface area contributed by atoms with Crippen LogP contribution < -0.4 is 4.72 Å². The second-order valence-electron chi connectivity index (χ2n) is 7.48. The fourth-order valence-corrected chi connectivity index (χ4v) is 6.74. The lowest BCUT2D eigenvalue weighted by Gasteiger charge is -2.33. The van der Waals surface area contributed by atoms with Gasteiger partial charge in [-0.05, 0) is 55.1 Å². The zero-order chi connectivity index (χ0) is 16.1. The molecular formula is C18H26N2O2S. The molecular weight excluding hydrogens is 308 g/mol. The van der Waals surface area contributed by atoms with E-state index in [1.54, 1.807) is 4.31 Å². The van der Waals surface area contributed by atoms with Crippen LogP contribution in [0.3, 0.4) is 0 Å². The van der Waals surface area contributed by atoms with E-state index in [4.69, 9.17) is 0 Å². The summed E-state index contributed by atoms with van der Waals surface area (Å²) in [5, 5.41) is 0. The monoisotopic (exact) mass is 334 g/mol. The van der Waals surface area contributed by atoms with Gasteiger partial charge >= 0.3 is 0 Å². The van der Waals surface area contributed by atoms with Crippen LogP contribution in [-0.4, -0.2) is 31.4 Å². The lowest BCUT2D eigenvalue weighted by molar-refractivity contribution is 0.212. The van der Waals surface area contributed by atoms with E-state index in [0.717, 1.165) is 38.5 Å². The molecule has 2 aliphatic carbocycles. The van der Waals surface area contributed by atoms with Crippen LogP contribution in [-0.2, 0) is 23.1 Å². The number of hydrogen-bond donors (Lipinski definition) is 1. The zero-order valence-electron chi connectivity index (χ0n) is 13.8. The quantitative estimate of drug-likeness (QED) is 0.923. The van der Waals surface area contributed by atoms with E-state index in [-0.39, 0.29) is 5.54 Å². The maximum absolute atomic E-state index is 12.7. The fourth-order valence-electron chi connectivity index (χ4n) is 4.98. The minimum absolute atomic E-state index is 0.244. The van der Waals surface area contributed by atoms with E-state index in [1.165, 1.54) is 11.1 Å². The summed E-state index contributed by atoms with van der Waals surface area (Å²) in [6, 6.07) is 8.66. The van der Waals surface area contributed by atoms with Crippen molar-refractivity contribution in [2.45, 2.75) is 51.0 Å². The zero-order valence-corrected chi connectivity index (χ0v) is 14.6. The Morgan fingerprint density at radius 2 is 1.78 bits per heavy atom. The number of unbranched alkanes of at least 4 members (excludes halogenated alkanes) is 1. The van der Waals surface area contributed by atoms with Crippen LogP contribution in [0.2, 0.25) is 0 Å². The number of fused-ring (bicyclic) bond motifs is 1. The van der Waals surface area contributed by atoms with E-state index in [1.807, 2.05) is 0 Å². The van der Waals surface area contributed by atoms with Crippen LogP contribution in [0, 0.1) is 11.8 Å². The van der Waals surface area contributed by atoms with E-state index in [2.05, 4.69) is 35.9 Å². The first-order chi connectivity index (χ1) is 11.0. The number of rotatable bonds is 3. The van der Waals surface area contributed by atoms with Gasteiger partial charge in [-0.15, -0.1) is 0 Å². The highest BCUT2D eigenvalue weighted by molar-refractivity contribution is 7.87. The predicted molar refractivity (Wildman–Crippen MR) is 91.3 cm³/mol. The first-order valence-corrected chi connectivity index (χ1v) is 10.3. The van der Waals surface area contributed by atoms with Gasteiger partial charge in [0.1, 0.15) is 0 Å². The van der Waals surface area contributed by atoms with Crippen molar-refractivity contribution in [3.05, 3.63) is 35.4 Å².